The monoisotopic (exact) mass is 464 g/mol. The lowest BCUT2D eigenvalue weighted by Gasteiger charge is -2.27. The van der Waals surface area contributed by atoms with Crippen LogP contribution in [0.15, 0.2) is 48.5 Å². The third kappa shape index (κ3) is 5.76. The maximum atomic E-state index is 12.9. The normalized spacial score (nSPS) is 15.7. The molecule has 2 aromatic rings. The molecule has 1 unspecified atom stereocenters. The average molecular weight is 465 g/mol. The summed E-state index contributed by atoms with van der Waals surface area (Å²) in [6.45, 7) is 3.74. The zero-order chi connectivity index (χ0) is 24.3. The molecular formula is C27H32N2O5. The summed E-state index contributed by atoms with van der Waals surface area (Å²) >= 11 is 0. The molecule has 0 aliphatic heterocycles. The highest BCUT2D eigenvalue weighted by Crippen LogP contribution is 2.44. The fraction of sp³-hybridized carbons (Fsp3) is 0.444. The van der Waals surface area contributed by atoms with Crippen LogP contribution in [0, 0.1) is 11.8 Å². The number of nitrogens with one attached hydrogen (secondary N) is 2. The first-order chi connectivity index (χ1) is 16.2. The molecule has 1 saturated carbocycles. The Morgan fingerprint density at radius 2 is 1.62 bits per heavy atom. The van der Waals surface area contributed by atoms with E-state index in [2.05, 4.69) is 34.9 Å². The van der Waals surface area contributed by atoms with Crippen molar-refractivity contribution in [3.8, 4) is 11.1 Å². The fourth-order valence-electron chi connectivity index (χ4n) is 4.75. The summed E-state index contributed by atoms with van der Waals surface area (Å²) in [5.74, 6) is -1.19. The molecule has 0 bridgehead atoms. The van der Waals surface area contributed by atoms with E-state index in [0.717, 1.165) is 35.1 Å². The van der Waals surface area contributed by atoms with Crippen LogP contribution in [0.2, 0.25) is 0 Å². The molecule has 3 N–H and O–H groups in total. The first-order valence-corrected chi connectivity index (χ1v) is 11.9. The van der Waals surface area contributed by atoms with Crippen molar-refractivity contribution in [2.75, 3.05) is 13.2 Å². The number of benzene rings is 2. The van der Waals surface area contributed by atoms with Gasteiger partial charge >= 0.3 is 12.1 Å². The van der Waals surface area contributed by atoms with Gasteiger partial charge in [-0.25, -0.2) is 4.79 Å². The Kier molecular flexibility index (Phi) is 6.91. The van der Waals surface area contributed by atoms with Gasteiger partial charge in [-0.2, -0.15) is 0 Å². The standard InChI is InChI=1S/C27H32N2O5/c1-27(2,14-24(30)31)29-25(32)18(13-17-11-12-17)15-28-26(33)34-16-23-21-9-5-3-7-19(21)20-8-4-6-10-22(20)23/h3-10,17-18,23H,11-16H2,1-2H3,(H,28,33)(H,29,32)(H,30,31). The van der Waals surface area contributed by atoms with E-state index in [1.165, 1.54) is 0 Å². The number of fused-ring (bicyclic) bond motifs is 3. The Hall–Kier alpha value is -3.35. The number of ether oxygens (including phenoxy) is 1. The van der Waals surface area contributed by atoms with Crippen LogP contribution in [-0.2, 0) is 14.3 Å². The molecule has 2 aromatic carbocycles. The summed E-state index contributed by atoms with van der Waals surface area (Å²) in [4.78, 5) is 36.5. The predicted octanol–water partition coefficient (Wildman–Crippen LogP) is 4.31. The number of amides is 2. The molecule has 7 nitrogen and oxygen atoms in total. The Labute approximate surface area is 199 Å². The molecule has 1 fully saturated rings. The first kappa shape index (κ1) is 23.8. The van der Waals surface area contributed by atoms with Gasteiger partial charge in [0.25, 0.3) is 0 Å². The van der Waals surface area contributed by atoms with E-state index in [1.54, 1.807) is 13.8 Å². The number of rotatable bonds is 10. The van der Waals surface area contributed by atoms with E-state index >= 15 is 0 Å². The van der Waals surface area contributed by atoms with Crippen molar-refractivity contribution in [3.05, 3.63) is 59.7 Å². The lowest BCUT2D eigenvalue weighted by atomic mass is 9.96. The van der Waals surface area contributed by atoms with E-state index in [1.807, 2.05) is 24.3 Å². The van der Waals surface area contributed by atoms with E-state index in [4.69, 9.17) is 9.84 Å². The Morgan fingerprint density at radius 1 is 1.03 bits per heavy atom. The molecule has 4 rings (SSSR count). The molecule has 2 aliphatic rings. The van der Waals surface area contributed by atoms with Crippen LogP contribution in [-0.4, -0.2) is 41.8 Å². The Morgan fingerprint density at radius 3 is 2.18 bits per heavy atom. The van der Waals surface area contributed by atoms with E-state index in [9.17, 15) is 14.4 Å². The number of aliphatic carboxylic acids is 1. The van der Waals surface area contributed by atoms with Gasteiger partial charge in [0.1, 0.15) is 6.61 Å². The van der Waals surface area contributed by atoms with Crippen LogP contribution in [0.1, 0.15) is 56.6 Å². The van der Waals surface area contributed by atoms with Crippen molar-refractivity contribution in [2.45, 2.75) is 51.0 Å². The topological polar surface area (TPSA) is 105 Å². The number of alkyl carbamates (subject to hydrolysis) is 1. The Balaban J connectivity index is 1.34. The average Bonchev–Trinajstić information content (AvgIpc) is 3.54. The minimum atomic E-state index is -0.971. The summed E-state index contributed by atoms with van der Waals surface area (Å²) in [6, 6.07) is 16.3. The smallest absolute Gasteiger partial charge is 0.407 e. The zero-order valence-corrected chi connectivity index (χ0v) is 19.7. The predicted molar refractivity (Wildman–Crippen MR) is 128 cm³/mol. The highest BCUT2D eigenvalue weighted by Gasteiger charge is 2.33. The highest BCUT2D eigenvalue weighted by atomic mass is 16.5. The quantitative estimate of drug-likeness (QED) is 0.486. The first-order valence-electron chi connectivity index (χ1n) is 11.9. The molecule has 2 amide bonds. The molecule has 2 aliphatic carbocycles. The summed E-state index contributed by atoms with van der Waals surface area (Å²) in [5.41, 5.74) is 3.75. The Bertz CT molecular complexity index is 1030. The maximum Gasteiger partial charge on any atom is 0.407 e. The van der Waals surface area contributed by atoms with Crippen LogP contribution in [0.25, 0.3) is 11.1 Å². The summed E-state index contributed by atoms with van der Waals surface area (Å²) in [7, 11) is 0. The van der Waals surface area contributed by atoms with Gasteiger partial charge in [-0.05, 0) is 48.4 Å². The molecule has 34 heavy (non-hydrogen) atoms. The van der Waals surface area contributed by atoms with Gasteiger partial charge in [-0.1, -0.05) is 61.4 Å². The molecule has 0 heterocycles. The lowest BCUT2D eigenvalue weighted by molar-refractivity contribution is -0.139. The van der Waals surface area contributed by atoms with Crippen molar-refractivity contribution in [3.63, 3.8) is 0 Å². The molecule has 0 saturated heterocycles. The molecule has 1 atom stereocenters. The SMILES string of the molecule is CC(C)(CC(=O)O)NC(=O)C(CNC(=O)OCC1c2ccccc2-c2ccccc21)CC1CC1. The largest absolute Gasteiger partial charge is 0.481 e. The van der Waals surface area contributed by atoms with Gasteiger partial charge in [-0.3, -0.25) is 9.59 Å². The minimum Gasteiger partial charge on any atom is -0.481 e. The molecule has 180 valence electrons. The maximum absolute atomic E-state index is 12.9. The van der Waals surface area contributed by atoms with E-state index in [0.29, 0.717) is 12.3 Å². The summed E-state index contributed by atoms with van der Waals surface area (Å²) in [5, 5.41) is 14.7. The van der Waals surface area contributed by atoms with Crippen molar-refractivity contribution in [2.24, 2.45) is 11.8 Å². The van der Waals surface area contributed by atoms with Gasteiger partial charge in [0.15, 0.2) is 0 Å². The fourth-order valence-corrected chi connectivity index (χ4v) is 4.75. The second kappa shape index (κ2) is 9.87. The number of carboxylic acid groups (broad SMARTS) is 1. The molecule has 7 heteroatoms. The van der Waals surface area contributed by atoms with E-state index in [-0.39, 0.29) is 31.4 Å². The molecule has 0 aromatic heterocycles. The molecule has 0 spiro atoms. The molecule has 0 radical (unpaired) electrons. The van der Waals surface area contributed by atoms with Crippen molar-refractivity contribution in [1.82, 2.24) is 10.6 Å². The number of hydrogen-bond donors (Lipinski definition) is 3. The van der Waals surface area contributed by atoms with Gasteiger partial charge in [0.2, 0.25) is 5.91 Å². The third-order valence-electron chi connectivity index (χ3n) is 6.58. The van der Waals surface area contributed by atoms with Crippen molar-refractivity contribution in [1.29, 1.82) is 0 Å². The van der Waals surface area contributed by atoms with Crippen LogP contribution in [0.5, 0.6) is 0 Å². The van der Waals surface area contributed by atoms with Crippen molar-refractivity contribution >= 4 is 18.0 Å². The number of hydrogen-bond acceptors (Lipinski definition) is 4. The number of carbonyl (C=O) groups excluding carboxylic acids is 2. The van der Waals surface area contributed by atoms with Crippen LogP contribution < -0.4 is 10.6 Å². The van der Waals surface area contributed by atoms with Gasteiger partial charge in [0, 0.05) is 18.0 Å². The minimum absolute atomic E-state index is 0.0273. The zero-order valence-electron chi connectivity index (χ0n) is 19.7. The summed E-state index contributed by atoms with van der Waals surface area (Å²) < 4.78 is 5.58. The lowest BCUT2D eigenvalue weighted by Crippen LogP contribution is -2.49. The number of carbonyl (C=O) groups is 3. The van der Waals surface area contributed by atoms with Gasteiger partial charge in [-0.15, -0.1) is 0 Å². The van der Waals surface area contributed by atoms with E-state index < -0.39 is 23.5 Å². The van der Waals surface area contributed by atoms with Crippen LogP contribution in [0.3, 0.4) is 0 Å². The highest BCUT2D eigenvalue weighted by molar-refractivity contribution is 5.81. The molecular weight excluding hydrogens is 432 g/mol. The third-order valence-corrected chi connectivity index (χ3v) is 6.58. The summed E-state index contributed by atoms with van der Waals surface area (Å²) in [6.07, 6.45) is 2.09. The van der Waals surface area contributed by atoms with Crippen LogP contribution >= 0.6 is 0 Å². The van der Waals surface area contributed by atoms with Gasteiger partial charge < -0.3 is 20.5 Å². The van der Waals surface area contributed by atoms with Crippen molar-refractivity contribution < 1.29 is 24.2 Å². The second-order valence-corrected chi connectivity index (χ2v) is 10.0. The van der Waals surface area contributed by atoms with Crippen LogP contribution in [0.4, 0.5) is 4.79 Å². The number of carboxylic acids is 1. The second-order valence-electron chi connectivity index (χ2n) is 10.0. The van der Waals surface area contributed by atoms with Gasteiger partial charge in [0.05, 0.1) is 12.3 Å².